The molecule has 0 fully saturated rings. The number of hydrogen-bond acceptors (Lipinski definition) is 5. The second-order valence-corrected chi connectivity index (χ2v) is 3.82. The predicted octanol–water partition coefficient (Wildman–Crippen LogP) is 2.28. The lowest BCUT2D eigenvalue weighted by Crippen LogP contribution is -2.02. The molecule has 0 aliphatic heterocycles. The maximum atomic E-state index is 10.6. The predicted molar refractivity (Wildman–Crippen MR) is 66.8 cm³/mol. The minimum absolute atomic E-state index is 0.136. The first-order valence-electron chi connectivity index (χ1n) is 5.49. The fraction of sp³-hybridized carbons (Fsp3) is 0.154. The average Bonchev–Trinajstić information content (AvgIpc) is 2.41. The Labute approximate surface area is 109 Å². The smallest absolute Gasteiger partial charge is 0.356 e. The van der Waals surface area contributed by atoms with Gasteiger partial charge in [0, 0.05) is 6.07 Å². The van der Waals surface area contributed by atoms with Crippen molar-refractivity contribution in [1.82, 2.24) is 10.2 Å². The van der Waals surface area contributed by atoms with Crippen molar-refractivity contribution in [2.45, 2.75) is 6.92 Å². The Kier molecular flexibility index (Phi) is 3.61. The number of nitrogens with zero attached hydrogens (tertiary/aromatic N) is 2. The van der Waals surface area contributed by atoms with Crippen molar-refractivity contribution in [3.8, 4) is 17.4 Å². The van der Waals surface area contributed by atoms with Gasteiger partial charge >= 0.3 is 5.97 Å². The Balaban J connectivity index is 2.23. The van der Waals surface area contributed by atoms with Crippen molar-refractivity contribution in [3.05, 3.63) is 41.6 Å². The molecule has 1 aromatic heterocycles. The number of benzene rings is 1. The van der Waals surface area contributed by atoms with E-state index in [2.05, 4.69) is 10.2 Å². The van der Waals surface area contributed by atoms with E-state index in [-0.39, 0.29) is 11.6 Å². The minimum atomic E-state index is -1.13. The summed E-state index contributed by atoms with van der Waals surface area (Å²) in [4.78, 5) is 10.6. The minimum Gasteiger partial charge on any atom is -0.493 e. The van der Waals surface area contributed by atoms with Crippen molar-refractivity contribution < 1.29 is 19.4 Å². The molecule has 2 rings (SSSR count). The molecule has 0 saturated heterocycles. The summed E-state index contributed by atoms with van der Waals surface area (Å²) in [7, 11) is 1.54. The third-order valence-electron chi connectivity index (χ3n) is 2.39. The Morgan fingerprint density at radius 1 is 1.16 bits per heavy atom. The lowest BCUT2D eigenvalue weighted by atomic mass is 10.2. The largest absolute Gasteiger partial charge is 0.493 e. The molecule has 0 saturated carbocycles. The van der Waals surface area contributed by atoms with Gasteiger partial charge in [0.05, 0.1) is 7.11 Å². The monoisotopic (exact) mass is 260 g/mol. The molecular weight excluding hydrogens is 248 g/mol. The Bertz CT molecular complexity index is 596. The van der Waals surface area contributed by atoms with Gasteiger partial charge < -0.3 is 14.6 Å². The van der Waals surface area contributed by atoms with E-state index in [4.69, 9.17) is 14.6 Å². The normalized spacial score (nSPS) is 10.0. The average molecular weight is 260 g/mol. The molecule has 6 nitrogen and oxygen atoms in total. The van der Waals surface area contributed by atoms with Crippen LogP contribution in [0.3, 0.4) is 0 Å². The molecule has 1 N–H and O–H groups in total. The van der Waals surface area contributed by atoms with Crippen LogP contribution in [0.4, 0.5) is 0 Å². The fourth-order valence-electron chi connectivity index (χ4n) is 1.46. The van der Waals surface area contributed by atoms with Gasteiger partial charge in [-0.15, -0.1) is 10.2 Å². The van der Waals surface area contributed by atoms with E-state index >= 15 is 0 Å². The van der Waals surface area contributed by atoms with E-state index in [9.17, 15) is 4.79 Å². The fourth-order valence-corrected chi connectivity index (χ4v) is 1.46. The van der Waals surface area contributed by atoms with Crippen molar-refractivity contribution in [2.75, 3.05) is 7.11 Å². The van der Waals surface area contributed by atoms with Gasteiger partial charge in [-0.25, -0.2) is 4.79 Å². The van der Waals surface area contributed by atoms with Gasteiger partial charge in [-0.05, 0) is 30.7 Å². The van der Waals surface area contributed by atoms with Crippen LogP contribution < -0.4 is 9.47 Å². The Hall–Kier alpha value is -2.63. The van der Waals surface area contributed by atoms with E-state index in [1.165, 1.54) is 12.1 Å². The first-order valence-corrected chi connectivity index (χ1v) is 5.49. The van der Waals surface area contributed by atoms with E-state index in [0.29, 0.717) is 11.5 Å². The molecule has 0 amide bonds. The highest BCUT2D eigenvalue weighted by Gasteiger charge is 2.09. The first-order chi connectivity index (χ1) is 9.10. The highest BCUT2D eigenvalue weighted by Crippen LogP contribution is 2.31. The number of carboxylic acids is 1. The second kappa shape index (κ2) is 5.34. The third kappa shape index (κ3) is 2.98. The van der Waals surface area contributed by atoms with E-state index < -0.39 is 5.97 Å². The van der Waals surface area contributed by atoms with E-state index in [1.807, 2.05) is 19.1 Å². The molecule has 1 heterocycles. The Morgan fingerprint density at radius 3 is 2.53 bits per heavy atom. The number of aromatic carboxylic acids is 1. The van der Waals surface area contributed by atoms with Gasteiger partial charge in [-0.2, -0.15) is 0 Å². The molecule has 0 bridgehead atoms. The third-order valence-corrected chi connectivity index (χ3v) is 2.39. The quantitative estimate of drug-likeness (QED) is 0.908. The summed E-state index contributed by atoms with van der Waals surface area (Å²) in [5.41, 5.74) is 0.903. The van der Waals surface area contributed by atoms with Gasteiger partial charge in [0.1, 0.15) is 0 Å². The van der Waals surface area contributed by atoms with Crippen molar-refractivity contribution >= 4 is 5.97 Å². The van der Waals surface area contributed by atoms with Crippen molar-refractivity contribution in [2.24, 2.45) is 0 Å². The number of hydrogen-bond donors (Lipinski definition) is 1. The molecule has 0 unspecified atom stereocenters. The zero-order valence-corrected chi connectivity index (χ0v) is 10.5. The molecule has 1 aromatic carbocycles. The Morgan fingerprint density at radius 2 is 1.95 bits per heavy atom. The van der Waals surface area contributed by atoms with Crippen LogP contribution in [0, 0.1) is 6.92 Å². The summed E-state index contributed by atoms with van der Waals surface area (Å²) in [5.74, 6) is 0.133. The number of aromatic nitrogens is 2. The molecule has 2 aromatic rings. The lowest BCUT2D eigenvalue weighted by Gasteiger charge is -2.09. The van der Waals surface area contributed by atoms with Crippen molar-refractivity contribution in [3.63, 3.8) is 0 Å². The lowest BCUT2D eigenvalue weighted by molar-refractivity contribution is 0.0689. The molecule has 98 valence electrons. The maximum absolute atomic E-state index is 10.6. The van der Waals surface area contributed by atoms with Crippen molar-refractivity contribution in [1.29, 1.82) is 0 Å². The molecular formula is C13H12N2O4. The first kappa shape index (κ1) is 12.8. The number of ether oxygens (including phenoxy) is 2. The van der Waals surface area contributed by atoms with E-state index in [1.54, 1.807) is 13.2 Å². The molecule has 0 aliphatic carbocycles. The van der Waals surface area contributed by atoms with Crippen LogP contribution in [-0.4, -0.2) is 28.4 Å². The standard InChI is InChI=1S/C13H12N2O4/c1-8-3-5-10(11(7-8)18-2)19-12-6-4-9(13(16)17)14-15-12/h3-7H,1-2H3,(H,16,17). The summed E-state index contributed by atoms with van der Waals surface area (Å²) in [6.07, 6.45) is 0. The molecule has 19 heavy (non-hydrogen) atoms. The van der Waals surface area contributed by atoms with Crippen LogP contribution >= 0.6 is 0 Å². The zero-order chi connectivity index (χ0) is 13.8. The van der Waals surface area contributed by atoms with Gasteiger partial charge in [0.15, 0.2) is 17.2 Å². The van der Waals surface area contributed by atoms with E-state index in [0.717, 1.165) is 5.56 Å². The van der Waals surface area contributed by atoms with Crippen LogP contribution in [0.1, 0.15) is 16.1 Å². The molecule has 0 radical (unpaired) electrons. The number of carboxylic acid groups (broad SMARTS) is 1. The van der Waals surface area contributed by atoms with Crippen LogP contribution in [0.25, 0.3) is 0 Å². The van der Waals surface area contributed by atoms with Gasteiger partial charge in [0.2, 0.25) is 5.88 Å². The van der Waals surface area contributed by atoms with Gasteiger partial charge in [-0.3, -0.25) is 0 Å². The highest BCUT2D eigenvalue weighted by molar-refractivity contribution is 5.84. The molecule has 0 aliphatic rings. The van der Waals surface area contributed by atoms with Crippen LogP contribution in [0.2, 0.25) is 0 Å². The summed E-state index contributed by atoms with van der Waals surface area (Å²) >= 11 is 0. The summed E-state index contributed by atoms with van der Waals surface area (Å²) in [5, 5.41) is 15.9. The highest BCUT2D eigenvalue weighted by atomic mass is 16.5. The second-order valence-electron chi connectivity index (χ2n) is 3.82. The van der Waals surface area contributed by atoms with Gasteiger partial charge in [0.25, 0.3) is 0 Å². The summed E-state index contributed by atoms with van der Waals surface area (Å²) in [6, 6.07) is 8.22. The van der Waals surface area contributed by atoms with Gasteiger partial charge in [-0.1, -0.05) is 6.07 Å². The van der Waals surface area contributed by atoms with Crippen LogP contribution in [0.5, 0.6) is 17.4 Å². The van der Waals surface area contributed by atoms with Crippen LogP contribution in [0.15, 0.2) is 30.3 Å². The number of methoxy groups -OCH3 is 1. The molecule has 6 heteroatoms. The molecule has 0 spiro atoms. The topological polar surface area (TPSA) is 81.5 Å². The number of rotatable bonds is 4. The SMILES string of the molecule is COc1cc(C)ccc1Oc1ccc(C(=O)O)nn1. The number of aryl methyl sites for hydroxylation is 1. The molecule has 0 atom stereocenters. The zero-order valence-electron chi connectivity index (χ0n) is 10.5. The van der Waals surface area contributed by atoms with Crippen LogP contribution in [-0.2, 0) is 0 Å². The maximum Gasteiger partial charge on any atom is 0.356 e. The summed E-state index contributed by atoms with van der Waals surface area (Å²) in [6.45, 7) is 1.94. The summed E-state index contributed by atoms with van der Waals surface area (Å²) < 4.78 is 10.7. The number of carbonyl (C=O) groups is 1.